The third-order valence-electron chi connectivity index (χ3n) is 3.74. The van der Waals surface area contributed by atoms with Gasteiger partial charge >= 0.3 is 0 Å². The summed E-state index contributed by atoms with van der Waals surface area (Å²) in [5, 5.41) is 12.8. The first-order valence-corrected chi connectivity index (χ1v) is 7.56. The van der Waals surface area contributed by atoms with Gasteiger partial charge in [0.2, 0.25) is 0 Å². The Balaban J connectivity index is 2.21. The Morgan fingerprint density at radius 2 is 2.00 bits per heavy atom. The molecule has 1 aliphatic heterocycles. The minimum atomic E-state index is -2.97. The lowest BCUT2D eigenvalue weighted by molar-refractivity contribution is 0.0444. The van der Waals surface area contributed by atoms with Gasteiger partial charge in [0.05, 0.1) is 11.4 Å². The molecule has 0 radical (unpaired) electrons. The smallest absolute Gasteiger partial charge is 0.150 e. The fraction of sp³-hybridized carbons (Fsp3) is 1.00. The molecule has 0 aromatic heterocycles. The summed E-state index contributed by atoms with van der Waals surface area (Å²) in [5.41, 5.74) is 0. The van der Waals surface area contributed by atoms with Crippen LogP contribution in [-0.4, -0.2) is 43.7 Å². The maximum atomic E-state index is 11.6. The van der Waals surface area contributed by atoms with Crippen molar-refractivity contribution in [2.45, 2.75) is 43.1 Å². The van der Waals surface area contributed by atoms with E-state index in [4.69, 9.17) is 0 Å². The minimum Gasteiger partial charge on any atom is -0.391 e. The fourth-order valence-corrected chi connectivity index (χ4v) is 4.54. The lowest BCUT2D eigenvalue weighted by Crippen LogP contribution is -2.57. The third-order valence-corrected chi connectivity index (χ3v) is 5.43. The number of nitrogens with one attached hydrogen (secondary N) is 1. The Kier molecular flexibility index (Phi) is 3.05. The van der Waals surface area contributed by atoms with Gasteiger partial charge in [-0.25, -0.2) is 8.42 Å². The van der Waals surface area contributed by atoms with Gasteiger partial charge in [-0.1, -0.05) is 0 Å². The predicted octanol–water partition coefficient (Wildman–Crippen LogP) is -0.0775. The Morgan fingerprint density at radius 3 is 2.67 bits per heavy atom. The van der Waals surface area contributed by atoms with Gasteiger partial charge < -0.3 is 10.4 Å². The van der Waals surface area contributed by atoms with Crippen molar-refractivity contribution in [3.05, 3.63) is 0 Å². The highest BCUT2D eigenvalue weighted by Gasteiger charge is 2.43. The van der Waals surface area contributed by atoms with Gasteiger partial charge in [0, 0.05) is 12.3 Å². The van der Waals surface area contributed by atoms with Crippen molar-refractivity contribution in [3.8, 4) is 0 Å². The van der Waals surface area contributed by atoms with E-state index in [0.717, 1.165) is 19.4 Å². The van der Waals surface area contributed by atoms with Crippen LogP contribution in [0.25, 0.3) is 0 Å². The highest BCUT2D eigenvalue weighted by atomic mass is 32.2. The van der Waals surface area contributed by atoms with Gasteiger partial charge in [-0.05, 0) is 38.1 Å². The molecule has 1 heterocycles. The highest BCUT2D eigenvalue weighted by molar-refractivity contribution is 7.91. The summed E-state index contributed by atoms with van der Waals surface area (Å²) < 4.78 is 23.3. The lowest BCUT2D eigenvalue weighted by atomic mass is 9.77. The van der Waals surface area contributed by atoms with Crippen LogP contribution in [0.15, 0.2) is 0 Å². The van der Waals surface area contributed by atoms with Crippen LogP contribution in [-0.2, 0) is 9.84 Å². The van der Waals surface area contributed by atoms with E-state index in [1.165, 1.54) is 6.26 Å². The first kappa shape index (κ1) is 11.4. The van der Waals surface area contributed by atoms with Crippen LogP contribution in [0.5, 0.6) is 0 Å². The molecule has 88 valence electrons. The van der Waals surface area contributed by atoms with Gasteiger partial charge in [-0.15, -0.1) is 0 Å². The van der Waals surface area contributed by atoms with Crippen LogP contribution in [0.4, 0.5) is 0 Å². The number of aliphatic hydroxyl groups excluding tert-OH is 1. The van der Waals surface area contributed by atoms with E-state index < -0.39 is 9.84 Å². The second kappa shape index (κ2) is 4.03. The normalized spacial score (nSPS) is 42.3. The largest absolute Gasteiger partial charge is 0.391 e. The number of rotatable bonds is 1. The van der Waals surface area contributed by atoms with Crippen LogP contribution < -0.4 is 5.32 Å². The van der Waals surface area contributed by atoms with Crippen molar-refractivity contribution >= 4 is 9.84 Å². The summed E-state index contributed by atoms with van der Waals surface area (Å²) in [6, 6.07) is -0.00720. The molecule has 2 N–H and O–H groups in total. The molecule has 2 fully saturated rings. The zero-order chi connectivity index (χ0) is 11.1. The van der Waals surface area contributed by atoms with E-state index in [1.807, 2.05) is 0 Å². The molecule has 0 bridgehead atoms. The number of hydrogen-bond donors (Lipinski definition) is 2. The van der Waals surface area contributed by atoms with Crippen LogP contribution in [0.3, 0.4) is 0 Å². The highest BCUT2D eigenvalue weighted by Crippen LogP contribution is 2.34. The molecule has 4 nitrogen and oxygen atoms in total. The van der Waals surface area contributed by atoms with Crippen LogP contribution >= 0.6 is 0 Å². The standard InChI is InChI=1S/C10H19NO3S/c1-15(13,14)9-5-4-8(12)10-7(9)3-2-6-11-10/h7-12H,2-6H2,1H3. The van der Waals surface area contributed by atoms with Crippen molar-refractivity contribution in [1.82, 2.24) is 5.32 Å². The molecule has 1 saturated carbocycles. The molecule has 4 atom stereocenters. The number of fused-ring (bicyclic) bond motifs is 1. The Bertz CT molecular complexity index is 328. The van der Waals surface area contributed by atoms with Crippen LogP contribution in [0.2, 0.25) is 0 Å². The summed E-state index contributed by atoms with van der Waals surface area (Å²) in [7, 11) is -2.97. The molecule has 4 unspecified atom stereocenters. The summed E-state index contributed by atoms with van der Waals surface area (Å²) in [6.07, 6.45) is 4.11. The van der Waals surface area contributed by atoms with Crippen molar-refractivity contribution in [1.29, 1.82) is 0 Å². The topological polar surface area (TPSA) is 66.4 Å². The zero-order valence-electron chi connectivity index (χ0n) is 9.02. The molecule has 1 saturated heterocycles. The van der Waals surface area contributed by atoms with Crippen LogP contribution in [0, 0.1) is 5.92 Å². The Hall–Kier alpha value is -0.130. The van der Waals surface area contributed by atoms with Gasteiger partial charge in [0.1, 0.15) is 0 Å². The average molecular weight is 233 g/mol. The van der Waals surface area contributed by atoms with Gasteiger partial charge in [0.15, 0.2) is 9.84 Å². The molecule has 0 spiro atoms. The monoisotopic (exact) mass is 233 g/mol. The molecule has 15 heavy (non-hydrogen) atoms. The van der Waals surface area contributed by atoms with E-state index in [9.17, 15) is 13.5 Å². The summed E-state index contributed by atoms with van der Waals surface area (Å²) in [5.74, 6) is 0.109. The first-order chi connectivity index (χ1) is 7.00. The maximum Gasteiger partial charge on any atom is 0.150 e. The minimum absolute atomic E-state index is 0.00720. The van der Waals surface area contributed by atoms with Gasteiger partial charge in [0.25, 0.3) is 0 Å². The Labute approximate surface area is 91.0 Å². The molecule has 2 aliphatic rings. The maximum absolute atomic E-state index is 11.6. The molecule has 2 rings (SSSR count). The summed E-state index contributed by atoms with van der Waals surface area (Å²) >= 11 is 0. The van der Waals surface area contributed by atoms with E-state index >= 15 is 0 Å². The molecule has 0 aromatic carbocycles. The number of piperidine rings is 1. The van der Waals surface area contributed by atoms with Crippen molar-refractivity contribution in [2.75, 3.05) is 12.8 Å². The number of hydrogen-bond acceptors (Lipinski definition) is 4. The summed E-state index contributed by atoms with van der Waals surface area (Å²) in [4.78, 5) is 0. The molecule has 1 aliphatic carbocycles. The van der Waals surface area contributed by atoms with E-state index in [1.54, 1.807) is 0 Å². The van der Waals surface area contributed by atoms with E-state index in [2.05, 4.69) is 5.32 Å². The second-order valence-electron chi connectivity index (χ2n) is 4.80. The van der Waals surface area contributed by atoms with Gasteiger partial charge in [-0.3, -0.25) is 0 Å². The molecular formula is C10H19NO3S. The lowest BCUT2D eigenvalue weighted by Gasteiger charge is -2.43. The summed E-state index contributed by atoms with van der Waals surface area (Å²) in [6.45, 7) is 0.898. The van der Waals surface area contributed by atoms with E-state index in [-0.39, 0.29) is 23.3 Å². The fourth-order valence-electron chi connectivity index (χ4n) is 3.04. The van der Waals surface area contributed by atoms with Crippen molar-refractivity contribution < 1.29 is 13.5 Å². The second-order valence-corrected chi connectivity index (χ2v) is 7.06. The number of aliphatic hydroxyl groups is 1. The number of sulfone groups is 1. The quantitative estimate of drug-likeness (QED) is 0.665. The van der Waals surface area contributed by atoms with Crippen molar-refractivity contribution in [3.63, 3.8) is 0 Å². The van der Waals surface area contributed by atoms with Gasteiger partial charge in [-0.2, -0.15) is 0 Å². The zero-order valence-corrected chi connectivity index (χ0v) is 9.83. The molecular weight excluding hydrogens is 214 g/mol. The first-order valence-electron chi connectivity index (χ1n) is 5.60. The average Bonchev–Trinajstić information content (AvgIpc) is 2.17. The third kappa shape index (κ3) is 2.19. The van der Waals surface area contributed by atoms with Crippen molar-refractivity contribution in [2.24, 2.45) is 5.92 Å². The van der Waals surface area contributed by atoms with Crippen LogP contribution in [0.1, 0.15) is 25.7 Å². The molecule has 0 amide bonds. The SMILES string of the molecule is CS(=O)(=O)C1CCC(O)C2NCCCC21. The Morgan fingerprint density at radius 1 is 1.27 bits per heavy atom. The molecule has 0 aromatic rings. The van der Waals surface area contributed by atoms with E-state index in [0.29, 0.717) is 12.8 Å². The predicted molar refractivity (Wildman–Crippen MR) is 58.4 cm³/mol. The molecule has 5 heteroatoms.